The third-order valence-electron chi connectivity index (χ3n) is 1.85. The lowest BCUT2D eigenvalue weighted by Crippen LogP contribution is -2.41. The van der Waals surface area contributed by atoms with Crippen LogP contribution in [0.3, 0.4) is 0 Å². The Bertz CT molecular complexity index is 258. The lowest BCUT2D eigenvalue weighted by atomic mass is 10.4. The van der Waals surface area contributed by atoms with E-state index in [4.69, 9.17) is 6.42 Å². The number of nitrogens with zero attached hydrogens (tertiary/aromatic N) is 1. The zero-order valence-electron chi connectivity index (χ0n) is 9.17. The van der Waals surface area contributed by atoms with Crippen LogP contribution >= 0.6 is 0 Å². The molecule has 84 valence electrons. The molecule has 0 fully saturated rings. The first-order chi connectivity index (χ1) is 7.11. The van der Waals surface area contributed by atoms with Crippen LogP contribution in [0.1, 0.15) is 6.92 Å². The average molecular weight is 211 g/mol. The first-order valence-electron chi connectivity index (χ1n) is 4.76. The summed E-state index contributed by atoms with van der Waals surface area (Å²) in [5, 5.41) is 5.22. The van der Waals surface area contributed by atoms with Crippen molar-refractivity contribution < 1.29 is 9.59 Å². The summed E-state index contributed by atoms with van der Waals surface area (Å²) in [7, 11) is 1.69. The minimum absolute atomic E-state index is 0.0287. The summed E-state index contributed by atoms with van der Waals surface area (Å²) in [5.74, 6) is 2.01. The Labute approximate surface area is 90.2 Å². The number of likely N-dealkylation sites (N-methyl/N-ethyl adjacent to an activating group) is 1. The van der Waals surface area contributed by atoms with Crippen LogP contribution in [-0.4, -0.2) is 49.9 Å². The second-order valence-electron chi connectivity index (χ2n) is 2.99. The lowest BCUT2D eigenvalue weighted by Gasteiger charge is -2.14. The molecule has 0 atom stereocenters. The van der Waals surface area contributed by atoms with Crippen molar-refractivity contribution in [1.29, 1.82) is 0 Å². The van der Waals surface area contributed by atoms with E-state index in [2.05, 4.69) is 16.6 Å². The molecular weight excluding hydrogens is 194 g/mol. The van der Waals surface area contributed by atoms with Gasteiger partial charge in [0.25, 0.3) is 0 Å². The Hall–Kier alpha value is -1.54. The fourth-order valence-electron chi connectivity index (χ4n) is 0.796. The van der Waals surface area contributed by atoms with Gasteiger partial charge in [-0.1, -0.05) is 5.92 Å². The molecule has 2 amide bonds. The van der Waals surface area contributed by atoms with Crippen molar-refractivity contribution in [2.24, 2.45) is 0 Å². The summed E-state index contributed by atoms with van der Waals surface area (Å²) in [4.78, 5) is 23.9. The molecule has 0 saturated carbocycles. The molecule has 5 nitrogen and oxygen atoms in total. The summed E-state index contributed by atoms with van der Waals surface area (Å²) >= 11 is 0. The summed E-state index contributed by atoms with van der Waals surface area (Å²) in [6.07, 6.45) is 4.99. The van der Waals surface area contributed by atoms with Crippen molar-refractivity contribution in [3.63, 3.8) is 0 Å². The van der Waals surface area contributed by atoms with Gasteiger partial charge in [0, 0.05) is 13.6 Å². The molecule has 0 aliphatic carbocycles. The number of hydrogen-bond acceptors (Lipinski definition) is 3. The second kappa shape index (κ2) is 7.83. The molecule has 0 radical (unpaired) electrons. The highest BCUT2D eigenvalue weighted by molar-refractivity contribution is 5.85. The highest BCUT2D eigenvalue weighted by atomic mass is 16.2. The Kier molecular flexibility index (Phi) is 7.02. The SMILES string of the molecule is C#CCNCC(=O)NCC(=O)N(C)CC. The van der Waals surface area contributed by atoms with Crippen LogP contribution in [0.4, 0.5) is 0 Å². The van der Waals surface area contributed by atoms with Gasteiger partial charge in [-0.3, -0.25) is 14.9 Å². The Morgan fingerprint density at radius 1 is 1.40 bits per heavy atom. The van der Waals surface area contributed by atoms with Crippen molar-refractivity contribution >= 4 is 11.8 Å². The van der Waals surface area contributed by atoms with Gasteiger partial charge < -0.3 is 10.2 Å². The largest absolute Gasteiger partial charge is 0.346 e. The smallest absolute Gasteiger partial charge is 0.241 e. The molecule has 0 spiro atoms. The van der Waals surface area contributed by atoms with E-state index < -0.39 is 0 Å². The van der Waals surface area contributed by atoms with E-state index in [1.807, 2.05) is 6.92 Å². The van der Waals surface area contributed by atoms with Gasteiger partial charge in [-0.25, -0.2) is 0 Å². The molecule has 0 aliphatic rings. The predicted octanol–water partition coefficient (Wildman–Crippen LogP) is -1.20. The summed E-state index contributed by atoms with van der Waals surface area (Å²) in [6, 6.07) is 0. The van der Waals surface area contributed by atoms with Crippen molar-refractivity contribution in [3.8, 4) is 12.3 Å². The first-order valence-corrected chi connectivity index (χ1v) is 4.76. The number of carbonyl (C=O) groups is 2. The van der Waals surface area contributed by atoms with E-state index in [0.717, 1.165) is 0 Å². The normalized spacial score (nSPS) is 9.13. The lowest BCUT2D eigenvalue weighted by molar-refractivity contribution is -0.131. The molecule has 5 heteroatoms. The van der Waals surface area contributed by atoms with Crippen LogP contribution in [0.5, 0.6) is 0 Å². The molecule has 0 aliphatic heterocycles. The highest BCUT2D eigenvalue weighted by Gasteiger charge is 2.07. The van der Waals surface area contributed by atoms with Crippen LogP contribution in [0, 0.1) is 12.3 Å². The summed E-state index contributed by atoms with van der Waals surface area (Å²) in [6.45, 7) is 3.00. The third kappa shape index (κ3) is 6.52. The number of carbonyl (C=O) groups excluding carboxylic acids is 2. The van der Waals surface area contributed by atoms with E-state index in [1.54, 1.807) is 7.05 Å². The van der Waals surface area contributed by atoms with Crippen molar-refractivity contribution in [1.82, 2.24) is 15.5 Å². The Morgan fingerprint density at radius 2 is 2.07 bits per heavy atom. The molecule has 0 heterocycles. The van der Waals surface area contributed by atoms with Crippen molar-refractivity contribution in [2.45, 2.75) is 6.92 Å². The minimum Gasteiger partial charge on any atom is -0.346 e. The monoisotopic (exact) mass is 211 g/mol. The minimum atomic E-state index is -0.233. The maximum atomic E-state index is 11.3. The predicted molar refractivity (Wildman–Crippen MR) is 58.0 cm³/mol. The number of amides is 2. The van der Waals surface area contributed by atoms with E-state index in [0.29, 0.717) is 13.1 Å². The summed E-state index contributed by atoms with van der Waals surface area (Å²) in [5.41, 5.74) is 0. The fraction of sp³-hybridized carbons (Fsp3) is 0.600. The fourth-order valence-corrected chi connectivity index (χ4v) is 0.796. The van der Waals surface area contributed by atoms with Gasteiger partial charge >= 0.3 is 0 Å². The van der Waals surface area contributed by atoms with Crippen LogP contribution in [-0.2, 0) is 9.59 Å². The maximum absolute atomic E-state index is 11.3. The quantitative estimate of drug-likeness (QED) is 0.429. The summed E-state index contributed by atoms with van der Waals surface area (Å²) < 4.78 is 0. The number of terminal acetylenes is 1. The van der Waals surface area contributed by atoms with Crippen LogP contribution in [0.25, 0.3) is 0 Å². The van der Waals surface area contributed by atoms with E-state index in [9.17, 15) is 9.59 Å². The first kappa shape index (κ1) is 13.5. The van der Waals surface area contributed by atoms with E-state index in [-0.39, 0.29) is 24.9 Å². The molecule has 0 rings (SSSR count). The van der Waals surface area contributed by atoms with Crippen LogP contribution < -0.4 is 10.6 Å². The van der Waals surface area contributed by atoms with Gasteiger partial charge in [0.1, 0.15) is 0 Å². The van der Waals surface area contributed by atoms with Crippen LogP contribution in [0.15, 0.2) is 0 Å². The molecule has 0 saturated heterocycles. The van der Waals surface area contributed by atoms with Gasteiger partial charge in [0.05, 0.1) is 19.6 Å². The van der Waals surface area contributed by atoms with Gasteiger partial charge in [0.2, 0.25) is 11.8 Å². The zero-order valence-corrected chi connectivity index (χ0v) is 9.17. The topological polar surface area (TPSA) is 61.4 Å². The molecule has 15 heavy (non-hydrogen) atoms. The Balaban J connectivity index is 3.63. The standard InChI is InChI=1S/C10H17N3O2/c1-4-6-11-7-9(14)12-8-10(15)13(3)5-2/h1,11H,5-8H2,2-3H3,(H,12,14). The van der Waals surface area contributed by atoms with Gasteiger partial charge in [0.15, 0.2) is 0 Å². The van der Waals surface area contributed by atoms with Gasteiger partial charge in [-0.05, 0) is 6.92 Å². The molecule has 0 bridgehead atoms. The Morgan fingerprint density at radius 3 is 2.60 bits per heavy atom. The molecule has 0 unspecified atom stereocenters. The average Bonchev–Trinajstić information content (AvgIpc) is 2.25. The van der Waals surface area contributed by atoms with Crippen molar-refractivity contribution in [3.05, 3.63) is 0 Å². The van der Waals surface area contributed by atoms with Gasteiger partial charge in [-0.2, -0.15) is 0 Å². The molecule has 0 aromatic heterocycles. The number of nitrogens with one attached hydrogen (secondary N) is 2. The van der Waals surface area contributed by atoms with Gasteiger partial charge in [-0.15, -0.1) is 6.42 Å². The van der Waals surface area contributed by atoms with E-state index in [1.165, 1.54) is 4.90 Å². The molecule has 2 N–H and O–H groups in total. The van der Waals surface area contributed by atoms with Crippen LogP contribution in [0.2, 0.25) is 0 Å². The molecule has 0 aromatic carbocycles. The maximum Gasteiger partial charge on any atom is 0.241 e. The second-order valence-corrected chi connectivity index (χ2v) is 2.99. The number of hydrogen-bond donors (Lipinski definition) is 2. The van der Waals surface area contributed by atoms with Crippen molar-refractivity contribution in [2.75, 3.05) is 33.2 Å². The number of rotatable bonds is 6. The molecule has 0 aromatic rings. The highest BCUT2D eigenvalue weighted by Crippen LogP contribution is 1.81. The molecular formula is C10H17N3O2. The van der Waals surface area contributed by atoms with E-state index >= 15 is 0 Å². The third-order valence-corrected chi connectivity index (χ3v) is 1.85. The zero-order chi connectivity index (χ0) is 11.7.